The molecule has 0 saturated heterocycles. The van der Waals surface area contributed by atoms with Gasteiger partial charge in [-0.1, -0.05) is 53.8 Å². The number of rotatable bonds is 7. The van der Waals surface area contributed by atoms with E-state index in [1.807, 2.05) is 37.3 Å². The maximum Gasteiger partial charge on any atom is 0.255 e. The van der Waals surface area contributed by atoms with Crippen molar-refractivity contribution in [3.8, 4) is 5.75 Å². The Labute approximate surface area is 156 Å². The molecular formula is C19H20N4O2S. The fraction of sp³-hybridized carbons (Fsp3) is 0.211. The van der Waals surface area contributed by atoms with E-state index < -0.39 is 0 Å². The summed E-state index contributed by atoms with van der Waals surface area (Å²) >= 11 is 1.26. The number of anilines is 1. The van der Waals surface area contributed by atoms with Gasteiger partial charge in [0.05, 0.1) is 18.2 Å². The second kappa shape index (κ2) is 8.44. The van der Waals surface area contributed by atoms with Crippen LogP contribution in [0, 0.1) is 0 Å². The Morgan fingerprint density at radius 1 is 1.15 bits per heavy atom. The van der Waals surface area contributed by atoms with Crippen molar-refractivity contribution < 1.29 is 9.53 Å². The number of nitrogen functional groups attached to an aromatic ring is 1. The van der Waals surface area contributed by atoms with Gasteiger partial charge in [-0.3, -0.25) is 4.79 Å². The third-order valence-electron chi connectivity index (χ3n) is 3.80. The quantitative estimate of drug-likeness (QED) is 0.668. The molecule has 1 atom stereocenters. The number of benzene rings is 2. The molecule has 3 rings (SSSR count). The van der Waals surface area contributed by atoms with Crippen LogP contribution in [0.15, 0.2) is 54.6 Å². The number of carbonyl (C=O) groups is 1. The van der Waals surface area contributed by atoms with Crippen molar-refractivity contribution in [3.05, 3.63) is 70.7 Å². The molecule has 3 aromatic rings. The number of hydrogen-bond donors (Lipinski definition) is 2. The lowest BCUT2D eigenvalue weighted by Gasteiger charge is -2.14. The van der Waals surface area contributed by atoms with Gasteiger partial charge >= 0.3 is 0 Å². The first-order valence-electron chi connectivity index (χ1n) is 8.29. The Morgan fingerprint density at radius 2 is 1.88 bits per heavy atom. The van der Waals surface area contributed by atoms with E-state index in [2.05, 4.69) is 27.6 Å². The minimum atomic E-state index is -0.283. The van der Waals surface area contributed by atoms with Gasteiger partial charge in [-0.2, -0.15) is 0 Å². The fourth-order valence-corrected chi connectivity index (χ4v) is 3.07. The first-order valence-corrected chi connectivity index (χ1v) is 9.10. The minimum Gasteiger partial charge on any atom is -0.492 e. The molecule has 0 fully saturated rings. The highest BCUT2D eigenvalue weighted by molar-refractivity contribution is 7.15. The molecule has 1 heterocycles. The lowest BCUT2D eigenvalue weighted by molar-refractivity contribution is 0.0935. The molecule has 0 saturated carbocycles. The standard InChI is InChI=1S/C19H20N4O2S/c1-13(18-22-23-19(20)26-18)21-17(24)15-9-5-6-10-16(15)25-12-11-14-7-3-2-4-8-14/h2-10,13H,11-12H2,1H3,(H2,20,23)(H,21,24). The zero-order valence-corrected chi connectivity index (χ0v) is 15.2. The summed E-state index contributed by atoms with van der Waals surface area (Å²) in [6, 6.07) is 17.0. The van der Waals surface area contributed by atoms with Crippen molar-refractivity contribution in [1.29, 1.82) is 0 Å². The molecule has 0 aliphatic carbocycles. The summed E-state index contributed by atoms with van der Waals surface area (Å²) in [6.45, 7) is 2.34. The van der Waals surface area contributed by atoms with Crippen LogP contribution < -0.4 is 15.8 Å². The zero-order chi connectivity index (χ0) is 18.4. The smallest absolute Gasteiger partial charge is 0.255 e. The summed E-state index contributed by atoms with van der Waals surface area (Å²) in [5.41, 5.74) is 7.28. The predicted molar refractivity (Wildman–Crippen MR) is 102 cm³/mol. The Bertz CT molecular complexity index is 867. The molecule has 0 spiro atoms. The average molecular weight is 368 g/mol. The van der Waals surface area contributed by atoms with Gasteiger partial charge in [-0.25, -0.2) is 0 Å². The van der Waals surface area contributed by atoms with Crippen molar-refractivity contribution in [3.63, 3.8) is 0 Å². The molecule has 2 aromatic carbocycles. The molecule has 1 unspecified atom stereocenters. The second-order valence-corrected chi connectivity index (χ2v) is 6.79. The van der Waals surface area contributed by atoms with Crippen LogP contribution >= 0.6 is 11.3 Å². The highest BCUT2D eigenvalue weighted by Crippen LogP contribution is 2.22. The van der Waals surface area contributed by atoms with Crippen LogP contribution in [0.1, 0.15) is 33.9 Å². The molecule has 134 valence electrons. The van der Waals surface area contributed by atoms with E-state index in [9.17, 15) is 4.79 Å². The summed E-state index contributed by atoms with van der Waals surface area (Å²) in [5.74, 6) is 0.339. The van der Waals surface area contributed by atoms with Crippen molar-refractivity contribution in [1.82, 2.24) is 15.5 Å². The molecule has 6 nitrogen and oxygen atoms in total. The van der Waals surface area contributed by atoms with Crippen LogP contribution in [0.4, 0.5) is 5.13 Å². The van der Waals surface area contributed by atoms with Gasteiger partial charge in [-0.05, 0) is 24.6 Å². The predicted octanol–water partition coefficient (Wildman–Crippen LogP) is 3.23. The molecule has 0 aliphatic rings. The monoisotopic (exact) mass is 368 g/mol. The molecule has 1 aromatic heterocycles. The Kier molecular flexibility index (Phi) is 5.80. The number of hydrogen-bond acceptors (Lipinski definition) is 6. The summed E-state index contributed by atoms with van der Waals surface area (Å²) in [7, 11) is 0. The lowest BCUT2D eigenvalue weighted by Crippen LogP contribution is -2.27. The van der Waals surface area contributed by atoms with Gasteiger partial charge in [0.1, 0.15) is 10.8 Å². The Balaban J connectivity index is 1.63. The number of amides is 1. The number of nitrogens with zero attached hydrogens (tertiary/aromatic N) is 2. The van der Waals surface area contributed by atoms with Gasteiger partial charge in [0.25, 0.3) is 5.91 Å². The summed E-state index contributed by atoms with van der Waals surface area (Å²) in [4.78, 5) is 12.6. The molecule has 7 heteroatoms. The lowest BCUT2D eigenvalue weighted by atomic mass is 10.1. The van der Waals surface area contributed by atoms with Crippen LogP contribution in [0.5, 0.6) is 5.75 Å². The molecule has 0 aliphatic heterocycles. The second-order valence-electron chi connectivity index (χ2n) is 5.75. The van der Waals surface area contributed by atoms with E-state index in [0.717, 1.165) is 6.42 Å². The third kappa shape index (κ3) is 4.58. The summed E-state index contributed by atoms with van der Waals surface area (Å²) in [6.07, 6.45) is 0.775. The fourth-order valence-electron chi connectivity index (χ4n) is 2.46. The maximum absolute atomic E-state index is 12.6. The molecule has 1 amide bonds. The number of ether oxygens (including phenoxy) is 1. The van der Waals surface area contributed by atoms with Crippen molar-refractivity contribution >= 4 is 22.4 Å². The summed E-state index contributed by atoms with van der Waals surface area (Å²) < 4.78 is 5.85. The van der Waals surface area contributed by atoms with E-state index in [1.54, 1.807) is 12.1 Å². The number of nitrogens with one attached hydrogen (secondary N) is 1. The topological polar surface area (TPSA) is 90.1 Å². The van der Waals surface area contributed by atoms with E-state index in [-0.39, 0.29) is 11.9 Å². The molecule has 0 bridgehead atoms. The number of nitrogens with two attached hydrogens (primary N) is 1. The van der Waals surface area contributed by atoms with Crippen LogP contribution in [-0.4, -0.2) is 22.7 Å². The van der Waals surface area contributed by atoms with Crippen LogP contribution in [0.2, 0.25) is 0 Å². The minimum absolute atomic E-state index is 0.221. The van der Waals surface area contributed by atoms with Crippen molar-refractivity contribution in [2.24, 2.45) is 0 Å². The van der Waals surface area contributed by atoms with Gasteiger partial charge in [-0.15, -0.1) is 10.2 Å². The van der Waals surface area contributed by atoms with Crippen LogP contribution in [0.25, 0.3) is 0 Å². The van der Waals surface area contributed by atoms with Crippen molar-refractivity contribution in [2.75, 3.05) is 12.3 Å². The van der Waals surface area contributed by atoms with E-state index in [4.69, 9.17) is 10.5 Å². The van der Waals surface area contributed by atoms with Crippen molar-refractivity contribution in [2.45, 2.75) is 19.4 Å². The zero-order valence-electron chi connectivity index (χ0n) is 14.4. The van der Waals surface area contributed by atoms with E-state index in [1.165, 1.54) is 16.9 Å². The maximum atomic E-state index is 12.6. The Morgan fingerprint density at radius 3 is 2.62 bits per heavy atom. The Hall–Kier alpha value is -2.93. The number of para-hydroxylation sites is 1. The van der Waals surface area contributed by atoms with Gasteiger partial charge in [0.15, 0.2) is 0 Å². The normalized spacial score (nSPS) is 11.7. The summed E-state index contributed by atoms with van der Waals surface area (Å²) in [5, 5.41) is 11.7. The SMILES string of the molecule is CC(NC(=O)c1ccccc1OCCc1ccccc1)c1nnc(N)s1. The van der Waals surface area contributed by atoms with E-state index in [0.29, 0.717) is 28.1 Å². The highest BCUT2D eigenvalue weighted by atomic mass is 32.1. The molecular weight excluding hydrogens is 348 g/mol. The first kappa shape index (κ1) is 17.9. The molecule has 26 heavy (non-hydrogen) atoms. The molecule has 3 N–H and O–H groups in total. The third-order valence-corrected chi connectivity index (χ3v) is 4.73. The van der Waals surface area contributed by atoms with Gasteiger partial charge in [0.2, 0.25) is 5.13 Å². The van der Waals surface area contributed by atoms with Gasteiger partial charge < -0.3 is 15.8 Å². The van der Waals surface area contributed by atoms with Crippen LogP contribution in [-0.2, 0) is 6.42 Å². The largest absolute Gasteiger partial charge is 0.492 e. The first-order chi connectivity index (χ1) is 12.6. The van der Waals surface area contributed by atoms with Crippen LogP contribution in [0.3, 0.4) is 0 Å². The average Bonchev–Trinajstić information content (AvgIpc) is 3.09. The number of aromatic nitrogens is 2. The number of carbonyl (C=O) groups excluding carboxylic acids is 1. The van der Waals surface area contributed by atoms with Gasteiger partial charge in [0, 0.05) is 6.42 Å². The molecule has 0 radical (unpaired) electrons. The van der Waals surface area contributed by atoms with E-state index >= 15 is 0 Å². The highest BCUT2D eigenvalue weighted by Gasteiger charge is 2.18.